The second-order valence-electron chi connectivity index (χ2n) is 6.37. The molecule has 0 spiro atoms. The number of hydrogen-bond donors (Lipinski definition) is 1. The van der Waals surface area contributed by atoms with Gasteiger partial charge < -0.3 is 5.11 Å². The Balaban J connectivity index is 2.11. The first-order valence-corrected chi connectivity index (χ1v) is 8.49. The van der Waals surface area contributed by atoms with E-state index < -0.39 is 29.6 Å². The van der Waals surface area contributed by atoms with Gasteiger partial charge in [0.1, 0.15) is 11.6 Å². The third kappa shape index (κ3) is 3.86. The van der Waals surface area contributed by atoms with Gasteiger partial charge in [-0.3, -0.25) is 9.59 Å². The van der Waals surface area contributed by atoms with Crippen LogP contribution in [-0.2, 0) is 9.59 Å². The molecule has 1 heterocycles. The molecule has 140 valence electrons. The van der Waals surface area contributed by atoms with Crippen LogP contribution in [0.2, 0.25) is 0 Å². The fourth-order valence-corrected chi connectivity index (χ4v) is 3.38. The van der Waals surface area contributed by atoms with Crippen molar-refractivity contribution < 1.29 is 23.5 Å². The predicted molar refractivity (Wildman–Crippen MR) is 95.0 cm³/mol. The second-order valence-corrected chi connectivity index (χ2v) is 6.37. The first kappa shape index (κ1) is 18.7. The van der Waals surface area contributed by atoms with Crippen LogP contribution < -0.4 is 0 Å². The molecule has 2 aromatic rings. The van der Waals surface area contributed by atoms with Crippen molar-refractivity contribution in [3.63, 3.8) is 0 Å². The summed E-state index contributed by atoms with van der Waals surface area (Å²) in [5.74, 6) is -3.27. The lowest BCUT2D eigenvalue weighted by Gasteiger charge is -2.26. The topological polar surface area (TPSA) is 70.0 Å². The van der Waals surface area contributed by atoms with Crippen molar-refractivity contribution in [2.24, 2.45) is 11.0 Å². The highest BCUT2D eigenvalue weighted by molar-refractivity contribution is 6.05. The molecule has 0 aromatic heterocycles. The van der Waals surface area contributed by atoms with Crippen LogP contribution in [0.5, 0.6) is 0 Å². The molecule has 1 aliphatic heterocycles. The van der Waals surface area contributed by atoms with Gasteiger partial charge in [-0.25, -0.2) is 13.8 Å². The molecule has 1 N–H and O–H groups in total. The van der Waals surface area contributed by atoms with Crippen LogP contribution in [0.3, 0.4) is 0 Å². The zero-order valence-electron chi connectivity index (χ0n) is 14.6. The van der Waals surface area contributed by atoms with Gasteiger partial charge in [0.05, 0.1) is 11.8 Å². The van der Waals surface area contributed by atoms with E-state index in [0.717, 1.165) is 23.8 Å². The number of amides is 1. The average molecular weight is 372 g/mol. The van der Waals surface area contributed by atoms with E-state index in [1.807, 2.05) is 6.07 Å². The maximum atomic E-state index is 14.4. The summed E-state index contributed by atoms with van der Waals surface area (Å²) < 4.78 is 28.1. The zero-order valence-corrected chi connectivity index (χ0v) is 14.6. The van der Waals surface area contributed by atoms with Gasteiger partial charge >= 0.3 is 5.97 Å². The lowest BCUT2D eigenvalue weighted by atomic mass is 9.83. The number of carboxylic acid groups (broad SMARTS) is 1. The van der Waals surface area contributed by atoms with Crippen LogP contribution in [0.15, 0.2) is 53.6 Å². The van der Waals surface area contributed by atoms with Gasteiger partial charge in [0, 0.05) is 24.8 Å². The Bertz CT molecular complexity index is 899. The number of benzene rings is 2. The summed E-state index contributed by atoms with van der Waals surface area (Å²) in [4.78, 5) is 23.3. The maximum Gasteiger partial charge on any atom is 0.303 e. The molecule has 0 bridgehead atoms. The lowest BCUT2D eigenvalue weighted by Crippen LogP contribution is -2.29. The summed E-state index contributed by atoms with van der Waals surface area (Å²) in [7, 11) is 0. The molecule has 0 saturated carbocycles. The number of nitrogens with zero attached hydrogens (tertiary/aromatic N) is 2. The van der Waals surface area contributed by atoms with Crippen molar-refractivity contribution in [3.05, 3.63) is 71.3 Å². The standard InChI is InChI=1S/C20H18F2N2O3/c1-12(25)24-20(13-5-3-2-4-6-13)15(8-10-18(26)27)19(23-24)16-11-14(21)7-9-17(16)22/h2-7,9,11,15,20H,8,10H2,1H3,(H,26,27)/t15?,20-/m1/s1. The van der Waals surface area contributed by atoms with Gasteiger partial charge in [-0.15, -0.1) is 0 Å². The van der Waals surface area contributed by atoms with Crippen LogP contribution in [0.25, 0.3) is 0 Å². The number of carbonyl (C=O) groups is 2. The Morgan fingerprint density at radius 2 is 1.85 bits per heavy atom. The molecule has 2 aromatic carbocycles. The van der Waals surface area contributed by atoms with E-state index in [2.05, 4.69) is 5.10 Å². The third-order valence-corrected chi connectivity index (χ3v) is 4.55. The first-order valence-electron chi connectivity index (χ1n) is 8.49. The van der Waals surface area contributed by atoms with Gasteiger partial charge in [0.15, 0.2) is 0 Å². The highest BCUT2D eigenvalue weighted by atomic mass is 19.1. The first-order chi connectivity index (χ1) is 12.9. The molecular weight excluding hydrogens is 354 g/mol. The molecule has 7 heteroatoms. The van der Waals surface area contributed by atoms with Crippen LogP contribution in [-0.4, -0.2) is 27.7 Å². The summed E-state index contributed by atoms with van der Waals surface area (Å²) in [5.41, 5.74) is 0.867. The predicted octanol–water partition coefficient (Wildman–Crippen LogP) is 3.75. The fraction of sp³-hybridized carbons (Fsp3) is 0.250. The highest BCUT2D eigenvalue weighted by Crippen LogP contribution is 2.40. The number of carbonyl (C=O) groups excluding carboxylic acids is 1. The van der Waals surface area contributed by atoms with Gasteiger partial charge in [-0.05, 0) is 30.2 Å². The third-order valence-electron chi connectivity index (χ3n) is 4.55. The zero-order chi connectivity index (χ0) is 19.6. The largest absolute Gasteiger partial charge is 0.481 e. The van der Waals surface area contributed by atoms with E-state index in [1.165, 1.54) is 11.9 Å². The van der Waals surface area contributed by atoms with Gasteiger partial charge in [0.2, 0.25) is 5.91 Å². The van der Waals surface area contributed by atoms with E-state index in [-0.39, 0.29) is 30.0 Å². The minimum absolute atomic E-state index is 0.0601. The summed E-state index contributed by atoms with van der Waals surface area (Å²) in [6.45, 7) is 1.33. The van der Waals surface area contributed by atoms with E-state index in [9.17, 15) is 18.4 Å². The van der Waals surface area contributed by atoms with E-state index in [1.54, 1.807) is 24.3 Å². The average Bonchev–Trinajstić information content (AvgIpc) is 3.02. The van der Waals surface area contributed by atoms with Gasteiger partial charge in [0.25, 0.3) is 0 Å². The Labute approximate surface area is 154 Å². The van der Waals surface area contributed by atoms with Crippen molar-refractivity contribution in [2.75, 3.05) is 0 Å². The Morgan fingerprint density at radius 1 is 1.15 bits per heavy atom. The van der Waals surface area contributed by atoms with Crippen LogP contribution >= 0.6 is 0 Å². The lowest BCUT2D eigenvalue weighted by molar-refractivity contribution is -0.137. The monoisotopic (exact) mass is 372 g/mol. The van der Waals surface area contributed by atoms with E-state index >= 15 is 0 Å². The molecule has 0 radical (unpaired) electrons. The number of halogens is 2. The molecular formula is C20H18F2N2O3. The van der Waals surface area contributed by atoms with E-state index in [4.69, 9.17) is 5.11 Å². The molecule has 0 saturated heterocycles. The molecule has 27 heavy (non-hydrogen) atoms. The molecule has 5 nitrogen and oxygen atoms in total. The smallest absolute Gasteiger partial charge is 0.303 e. The van der Waals surface area contributed by atoms with Crippen LogP contribution in [0, 0.1) is 17.6 Å². The normalized spacial score (nSPS) is 19.1. The SMILES string of the molecule is CC(=O)N1N=C(c2cc(F)ccc2F)C(CCC(=O)O)[C@H]1c1ccccc1. The number of hydrazone groups is 1. The number of aliphatic carboxylic acids is 1. The van der Waals surface area contributed by atoms with Crippen LogP contribution in [0.1, 0.15) is 36.9 Å². The molecule has 1 amide bonds. The highest BCUT2D eigenvalue weighted by Gasteiger charge is 2.41. The molecule has 2 atom stereocenters. The number of hydrogen-bond acceptors (Lipinski definition) is 3. The van der Waals surface area contributed by atoms with E-state index in [0.29, 0.717) is 0 Å². The molecule has 1 aliphatic rings. The number of rotatable bonds is 5. The summed E-state index contributed by atoms with van der Waals surface area (Å²) in [6, 6.07) is 11.4. The Kier molecular flexibility index (Phi) is 5.30. The Morgan fingerprint density at radius 3 is 2.48 bits per heavy atom. The van der Waals surface area contributed by atoms with Crippen LogP contribution in [0.4, 0.5) is 8.78 Å². The fourth-order valence-electron chi connectivity index (χ4n) is 3.38. The van der Waals surface area contributed by atoms with Crippen molar-refractivity contribution >= 4 is 17.6 Å². The molecule has 0 aliphatic carbocycles. The minimum Gasteiger partial charge on any atom is -0.481 e. The van der Waals surface area contributed by atoms with Crippen molar-refractivity contribution in [3.8, 4) is 0 Å². The minimum atomic E-state index is -1.01. The summed E-state index contributed by atoms with van der Waals surface area (Å²) >= 11 is 0. The van der Waals surface area contributed by atoms with Gasteiger partial charge in [-0.1, -0.05) is 30.3 Å². The maximum absolute atomic E-state index is 14.4. The van der Waals surface area contributed by atoms with Crippen molar-refractivity contribution in [1.82, 2.24) is 5.01 Å². The molecule has 1 unspecified atom stereocenters. The molecule has 0 fully saturated rings. The van der Waals surface area contributed by atoms with Gasteiger partial charge in [-0.2, -0.15) is 5.10 Å². The Hall–Kier alpha value is -3.09. The van der Waals surface area contributed by atoms with Crippen molar-refractivity contribution in [1.29, 1.82) is 0 Å². The number of carboxylic acids is 1. The summed E-state index contributed by atoms with van der Waals surface area (Å²) in [5, 5.41) is 14.6. The summed E-state index contributed by atoms with van der Waals surface area (Å²) in [6.07, 6.45) is -0.0524. The van der Waals surface area contributed by atoms with Crippen molar-refractivity contribution in [2.45, 2.75) is 25.8 Å². The second kappa shape index (κ2) is 7.65. The molecule has 3 rings (SSSR count). The quantitative estimate of drug-likeness (QED) is 0.869.